The minimum Gasteiger partial charge on any atom is -0.376 e. The lowest BCUT2D eigenvalue weighted by Gasteiger charge is -2.23. The van der Waals surface area contributed by atoms with Crippen LogP contribution in [0.4, 0.5) is 9.52 Å². The van der Waals surface area contributed by atoms with E-state index in [4.69, 9.17) is 9.72 Å². The zero-order valence-electron chi connectivity index (χ0n) is 15.4. The highest BCUT2D eigenvalue weighted by molar-refractivity contribution is 7.22. The van der Waals surface area contributed by atoms with Crippen molar-refractivity contribution in [1.29, 1.82) is 0 Å². The van der Waals surface area contributed by atoms with Gasteiger partial charge in [0.15, 0.2) is 5.13 Å². The number of nitrogens with zero attached hydrogens (tertiary/aromatic N) is 2. The molecule has 4 rings (SSSR count). The van der Waals surface area contributed by atoms with Crippen LogP contribution in [-0.2, 0) is 4.74 Å². The first-order valence-electron chi connectivity index (χ1n) is 9.08. The van der Waals surface area contributed by atoms with Gasteiger partial charge in [-0.05, 0) is 62.1 Å². The predicted molar refractivity (Wildman–Crippen MR) is 106 cm³/mol. The van der Waals surface area contributed by atoms with E-state index in [-0.39, 0.29) is 12.0 Å². The fraction of sp³-hybridized carbons (Fsp3) is 0.333. The standard InChI is InChI=1S/C21H21FN2O2S/c1-13-9-14(2)19-18(10-13)23-21(27-19)24(12-17-7-4-8-26-17)20(25)15-5-3-6-16(22)11-15/h3,5-6,9-11,17H,4,7-8,12H2,1-2H3. The molecule has 1 aliphatic heterocycles. The van der Waals surface area contributed by atoms with Crippen LogP contribution in [0.15, 0.2) is 36.4 Å². The summed E-state index contributed by atoms with van der Waals surface area (Å²) in [6.07, 6.45) is 1.89. The number of hydrogen-bond acceptors (Lipinski definition) is 4. The van der Waals surface area contributed by atoms with Crippen molar-refractivity contribution in [3.63, 3.8) is 0 Å². The lowest BCUT2D eigenvalue weighted by molar-refractivity contribution is 0.0917. The average Bonchev–Trinajstić information content (AvgIpc) is 3.28. The molecule has 4 nitrogen and oxygen atoms in total. The van der Waals surface area contributed by atoms with E-state index in [1.165, 1.54) is 23.5 Å². The summed E-state index contributed by atoms with van der Waals surface area (Å²) in [4.78, 5) is 19.5. The van der Waals surface area contributed by atoms with Gasteiger partial charge in [-0.3, -0.25) is 9.69 Å². The molecule has 6 heteroatoms. The second kappa shape index (κ2) is 7.37. The highest BCUT2D eigenvalue weighted by atomic mass is 32.1. The SMILES string of the molecule is Cc1cc(C)c2sc(N(CC3CCCO3)C(=O)c3cccc(F)c3)nc2c1. The molecule has 0 N–H and O–H groups in total. The van der Waals surface area contributed by atoms with Crippen molar-refractivity contribution in [2.24, 2.45) is 0 Å². The van der Waals surface area contributed by atoms with Gasteiger partial charge < -0.3 is 4.74 Å². The Morgan fingerprint density at radius 3 is 2.93 bits per heavy atom. The first kappa shape index (κ1) is 18.1. The van der Waals surface area contributed by atoms with Gasteiger partial charge in [0, 0.05) is 12.2 Å². The molecular weight excluding hydrogens is 363 g/mol. The number of amides is 1. The molecule has 140 valence electrons. The summed E-state index contributed by atoms with van der Waals surface area (Å²) in [7, 11) is 0. The molecule has 2 heterocycles. The molecular formula is C21H21FN2O2S. The maximum atomic E-state index is 13.7. The number of halogens is 1. The highest BCUT2D eigenvalue weighted by Crippen LogP contribution is 2.33. The molecule has 1 atom stereocenters. The van der Waals surface area contributed by atoms with Crippen molar-refractivity contribution < 1.29 is 13.9 Å². The third-order valence-corrected chi connectivity index (χ3v) is 6.00. The molecule has 1 aromatic heterocycles. The van der Waals surface area contributed by atoms with Crippen LogP contribution in [0.25, 0.3) is 10.2 Å². The smallest absolute Gasteiger partial charge is 0.260 e. The van der Waals surface area contributed by atoms with E-state index in [0.29, 0.717) is 23.8 Å². The Morgan fingerprint density at radius 2 is 2.19 bits per heavy atom. The summed E-state index contributed by atoms with van der Waals surface area (Å²) in [5.41, 5.74) is 3.49. The molecule has 27 heavy (non-hydrogen) atoms. The Hall–Kier alpha value is -2.31. The van der Waals surface area contributed by atoms with Crippen LogP contribution in [0.1, 0.15) is 34.3 Å². The van der Waals surface area contributed by atoms with E-state index < -0.39 is 5.82 Å². The van der Waals surface area contributed by atoms with Crippen LogP contribution in [0, 0.1) is 19.7 Å². The predicted octanol–water partition coefficient (Wildman–Crippen LogP) is 4.88. The monoisotopic (exact) mass is 384 g/mol. The Bertz CT molecular complexity index is 995. The van der Waals surface area contributed by atoms with Crippen molar-refractivity contribution in [3.8, 4) is 0 Å². The van der Waals surface area contributed by atoms with Crippen LogP contribution in [0.3, 0.4) is 0 Å². The van der Waals surface area contributed by atoms with E-state index in [1.807, 2.05) is 13.0 Å². The van der Waals surface area contributed by atoms with Crippen LogP contribution in [0.5, 0.6) is 0 Å². The lowest BCUT2D eigenvalue weighted by atomic mass is 10.1. The fourth-order valence-corrected chi connectivity index (χ4v) is 4.52. The topological polar surface area (TPSA) is 42.4 Å². The zero-order chi connectivity index (χ0) is 19.0. The van der Waals surface area contributed by atoms with Gasteiger partial charge >= 0.3 is 0 Å². The van der Waals surface area contributed by atoms with Gasteiger partial charge in [0.2, 0.25) is 0 Å². The molecule has 0 radical (unpaired) electrons. The molecule has 0 bridgehead atoms. The minimum atomic E-state index is -0.423. The molecule has 1 aliphatic rings. The van der Waals surface area contributed by atoms with Crippen molar-refractivity contribution in [2.45, 2.75) is 32.8 Å². The lowest BCUT2D eigenvalue weighted by Crippen LogP contribution is -2.37. The van der Waals surface area contributed by atoms with Crippen LogP contribution >= 0.6 is 11.3 Å². The third kappa shape index (κ3) is 3.73. The molecule has 1 unspecified atom stereocenters. The normalized spacial score (nSPS) is 16.8. The summed E-state index contributed by atoms with van der Waals surface area (Å²) in [6.45, 7) is 5.22. The summed E-state index contributed by atoms with van der Waals surface area (Å²) in [6, 6.07) is 9.94. The number of benzene rings is 2. The number of anilines is 1. The molecule has 0 spiro atoms. The number of ether oxygens (including phenoxy) is 1. The highest BCUT2D eigenvalue weighted by Gasteiger charge is 2.27. The van der Waals surface area contributed by atoms with Crippen molar-refractivity contribution in [2.75, 3.05) is 18.1 Å². The maximum Gasteiger partial charge on any atom is 0.260 e. The van der Waals surface area contributed by atoms with Gasteiger partial charge in [-0.2, -0.15) is 0 Å². The van der Waals surface area contributed by atoms with E-state index in [1.54, 1.807) is 17.0 Å². The number of carbonyl (C=O) groups excluding carboxylic acids is 1. The van der Waals surface area contributed by atoms with Gasteiger partial charge in [0.25, 0.3) is 5.91 Å². The molecule has 0 aliphatic carbocycles. The largest absolute Gasteiger partial charge is 0.376 e. The van der Waals surface area contributed by atoms with Crippen molar-refractivity contribution >= 4 is 32.6 Å². The minimum absolute atomic E-state index is 0.0163. The van der Waals surface area contributed by atoms with E-state index >= 15 is 0 Å². The number of rotatable bonds is 4. The quantitative estimate of drug-likeness (QED) is 0.644. The Kier molecular flexibility index (Phi) is 4.93. The zero-order valence-corrected chi connectivity index (χ0v) is 16.2. The third-order valence-electron chi connectivity index (χ3n) is 4.77. The second-order valence-electron chi connectivity index (χ2n) is 6.99. The van der Waals surface area contributed by atoms with Crippen molar-refractivity contribution in [1.82, 2.24) is 4.98 Å². The molecule has 0 saturated carbocycles. The van der Waals surface area contributed by atoms with Gasteiger partial charge in [0.05, 0.1) is 22.9 Å². The van der Waals surface area contributed by atoms with Gasteiger partial charge in [-0.1, -0.05) is 23.5 Å². The first-order valence-corrected chi connectivity index (χ1v) is 9.90. The van der Waals surface area contributed by atoms with Crippen molar-refractivity contribution in [3.05, 3.63) is 58.9 Å². The Labute approximate surface area is 161 Å². The van der Waals surface area contributed by atoms with Crippen LogP contribution < -0.4 is 4.90 Å². The number of thiazole rings is 1. The number of hydrogen-bond donors (Lipinski definition) is 0. The van der Waals surface area contributed by atoms with Gasteiger partial charge in [-0.15, -0.1) is 0 Å². The summed E-state index contributed by atoms with van der Waals surface area (Å²) >= 11 is 1.50. The molecule has 1 amide bonds. The second-order valence-corrected chi connectivity index (χ2v) is 7.97. The van der Waals surface area contributed by atoms with E-state index in [9.17, 15) is 9.18 Å². The summed E-state index contributed by atoms with van der Waals surface area (Å²) < 4.78 is 20.5. The van der Waals surface area contributed by atoms with E-state index in [0.717, 1.165) is 34.2 Å². The maximum absolute atomic E-state index is 13.7. The number of aromatic nitrogens is 1. The summed E-state index contributed by atoms with van der Waals surface area (Å²) in [5.74, 6) is -0.674. The number of fused-ring (bicyclic) bond motifs is 1. The molecule has 1 fully saturated rings. The molecule has 1 saturated heterocycles. The average molecular weight is 384 g/mol. The number of carbonyl (C=O) groups is 1. The Balaban J connectivity index is 1.75. The molecule has 2 aromatic carbocycles. The number of aryl methyl sites for hydroxylation is 2. The molecule has 3 aromatic rings. The van der Waals surface area contributed by atoms with Gasteiger partial charge in [-0.25, -0.2) is 9.37 Å². The fourth-order valence-electron chi connectivity index (χ4n) is 3.50. The summed E-state index contributed by atoms with van der Waals surface area (Å²) in [5, 5.41) is 0.628. The van der Waals surface area contributed by atoms with Gasteiger partial charge in [0.1, 0.15) is 5.82 Å². The first-order chi connectivity index (χ1) is 13.0. The van der Waals surface area contributed by atoms with Crippen LogP contribution in [0.2, 0.25) is 0 Å². The van der Waals surface area contributed by atoms with E-state index in [2.05, 4.69) is 13.0 Å². The Morgan fingerprint density at radius 1 is 1.33 bits per heavy atom. The van der Waals surface area contributed by atoms with Crippen LogP contribution in [-0.4, -0.2) is 30.1 Å².